The van der Waals surface area contributed by atoms with Gasteiger partial charge in [-0.3, -0.25) is 9.88 Å². The molecule has 0 saturated carbocycles. The minimum atomic E-state index is 0.0467. The van der Waals surface area contributed by atoms with Crippen molar-refractivity contribution in [2.24, 2.45) is 0 Å². The van der Waals surface area contributed by atoms with Gasteiger partial charge in [0, 0.05) is 62.1 Å². The van der Waals surface area contributed by atoms with Crippen molar-refractivity contribution in [3.05, 3.63) is 65.8 Å². The van der Waals surface area contributed by atoms with E-state index < -0.39 is 0 Å². The van der Waals surface area contributed by atoms with Crippen LogP contribution >= 0.6 is 0 Å². The van der Waals surface area contributed by atoms with Crippen LogP contribution in [0.5, 0.6) is 0 Å². The molecule has 26 heavy (non-hydrogen) atoms. The van der Waals surface area contributed by atoms with Crippen molar-refractivity contribution in [2.75, 3.05) is 18.4 Å². The van der Waals surface area contributed by atoms with E-state index in [-0.39, 0.29) is 6.04 Å². The molecule has 0 radical (unpaired) electrons. The predicted octanol–water partition coefficient (Wildman–Crippen LogP) is 2.56. The molecule has 3 aromatic rings. The van der Waals surface area contributed by atoms with Crippen molar-refractivity contribution in [1.82, 2.24) is 29.8 Å². The summed E-state index contributed by atoms with van der Waals surface area (Å²) in [6.07, 6.45) is 11.3. The Balaban J connectivity index is 1.62. The molecule has 4 rings (SSSR count). The lowest BCUT2D eigenvalue weighted by molar-refractivity contribution is 0.199. The zero-order valence-electron chi connectivity index (χ0n) is 14.9. The average molecular weight is 349 g/mol. The van der Waals surface area contributed by atoms with Crippen LogP contribution in [0, 0.1) is 0 Å². The summed E-state index contributed by atoms with van der Waals surface area (Å²) in [7, 11) is 0. The first kappa shape index (κ1) is 16.7. The van der Waals surface area contributed by atoms with Gasteiger partial charge in [-0.1, -0.05) is 13.0 Å². The van der Waals surface area contributed by atoms with Gasteiger partial charge in [0.2, 0.25) is 5.95 Å². The Morgan fingerprint density at radius 3 is 2.88 bits per heavy atom. The normalized spacial score (nSPS) is 17.0. The highest BCUT2D eigenvalue weighted by molar-refractivity contribution is 5.33. The van der Waals surface area contributed by atoms with Crippen molar-refractivity contribution in [3.8, 4) is 0 Å². The van der Waals surface area contributed by atoms with Crippen LogP contribution in [0.15, 0.2) is 43.2 Å². The molecule has 3 aromatic heterocycles. The Hall–Kier alpha value is -2.80. The maximum atomic E-state index is 4.59. The van der Waals surface area contributed by atoms with Crippen LogP contribution in [0.25, 0.3) is 0 Å². The highest BCUT2D eigenvalue weighted by Gasteiger charge is 2.31. The molecule has 134 valence electrons. The zero-order chi connectivity index (χ0) is 17.8. The van der Waals surface area contributed by atoms with Crippen molar-refractivity contribution >= 4 is 5.95 Å². The molecular formula is C19H23N7. The van der Waals surface area contributed by atoms with Gasteiger partial charge in [0.15, 0.2) is 0 Å². The zero-order valence-corrected chi connectivity index (χ0v) is 14.9. The minimum Gasteiger partial charge on any atom is -0.354 e. The van der Waals surface area contributed by atoms with E-state index in [0.717, 1.165) is 43.7 Å². The number of H-pyrrole nitrogens is 1. The van der Waals surface area contributed by atoms with E-state index in [0.29, 0.717) is 5.95 Å². The molecular weight excluding hydrogens is 326 g/mol. The van der Waals surface area contributed by atoms with Crippen molar-refractivity contribution in [1.29, 1.82) is 0 Å². The fourth-order valence-corrected chi connectivity index (χ4v) is 3.40. The largest absolute Gasteiger partial charge is 0.354 e. The maximum Gasteiger partial charge on any atom is 0.222 e. The molecule has 0 saturated heterocycles. The van der Waals surface area contributed by atoms with E-state index in [1.165, 1.54) is 11.3 Å². The van der Waals surface area contributed by atoms with Crippen molar-refractivity contribution < 1.29 is 0 Å². The standard InChI is InChI=1S/C19H23N7/c1-2-6-21-19-22-10-15(11-23-19)18-17-16(24-13-25-17)5-8-26(18)12-14-4-3-7-20-9-14/h3-4,7,9-11,13,18H,2,5-6,8,12H2,1H3,(H,24,25)(H,21,22,23). The van der Waals surface area contributed by atoms with Crippen molar-refractivity contribution in [3.63, 3.8) is 0 Å². The van der Waals surface area contributed by atoms with Gasteiger partial charge >= 0.3 is 0 Å². The van der Waals surface area contributed by atoms with Gasteiger partial charge in [0.1, 0.15) is 0 Å². The first-order valence-corrected chi connectivity index (χ1v) is 9.06. The second-order valence-corrected chi connectivity index (χ2v) is 6.52. The number of aromatic amines is 1. The van der Waals surface area contributed by atoms with E-state index in [1.54, 1.807) is 12.5 Å². The molecule has 1 aliphatic rings. The number of aromatic nitrogens is 5. The number of hydrogen-bond acceptors (Lipinski definition) is 6. The van der Waals surface area contributed by atoms with Crippen LogP contribution < -0.4 is 5.32 Å². The number of rotatable bonds is 6. The summed E-state index contributed by atoms with van der Waals surface area (Å²) in [5.74, 6) is 0.674. The van der Waals surface area contributed by atoms with Gasteiger partial charge in [-0.05, 0) is 18.1 Å². The minimum absolute atomic E-state index is 0.0467. The molecule has 0 aliphatic carbocycles. The third-order valence-corrected chi connectivity index (χ3v) is 4.65. The van der Waals surface area contributed by atoms with Crippen LogP contribution in [-0.4, -0.2) is 42.9 Å². The summed E-state index contributed by atoms with van der Waals surface area (Å²) in [6.45, 7) is 4.77. The van der Waals surface area contributed by atoms with Gasteiger partial charge in [0.25, 0.3) is 0 Å². The third kappa shape index (κ3) is 3.43. The molecule has 7 nitrogen and oxygen atoms in total. The molecule has 1 atom stereocenters. The van der Waals surface area contributed by atoms with Gasteiger partial charge in [-0.15, -0.1) is 0 Å². The van der Waals surface area contributed by atoms with Gasteiger partial charge in [-0.25, -0.2) is 15.0 Å². The topological polar surface area (TPSA) is 82.6 Å². The smallest absolute Gasteiger partial charge is 0.222 e. The Morgan fingerprint density at radius 1 is 1.23 bits per heavy atom. The fourth-order valence-electron chi connectivity index (χ4n) is 3.40. The lowest BCUT2D eigenvalue weighted by Gasteiger charge is -2.34. The van der Waals surface area contributed by atoms with Crippen LogP contribution in [0.4, 0.5) is 5.95 Å². The van der Waals surface area contributed by atoms with Gasteiger partial charge in [0.05, 0.1) is 18.1 Å². The highest BCUT2D eigenvalue weighted by atomic mass is 15.2. The summed E-state index contributed by atoms with van der Waals surface area (Å²) in [4.78, 5) is 23.5. The lowest BCUT2D eigenvalue weighted by Crippen LogP contribution is -2.36. The molecule has 4 heterocycles. The number of nitrogens with zero attached hydrogens (tertiary/aromatic N) is 5. The summed E-state index contributed by atoms with van der Waals surface area (Å²) in [5.41, 5.74) is 4.52. The van der Waals surface area contributed by atoms with E-state index in [2.05, 4.69) is 48.1 Å². The van der Waals surface area contributed by atoms with Crippen LogP contribution in [0.1, 0.15) is 41.9 Å². The van der Waals surface area contributed by atoms with Crippen molar-refractivity contribution in [2.45, 2.75) is 32.4 Å². The second-order valence-electron chi connectivity index (χ2n) is 6.52. The molecule has 1 aliphatic heterocycles. The molecule has 0 spiro atoms. The highest BCUT2D eigenvalue weighted by Crippen LogP contribution is 2.33. The molecule has 0 aromatic carbocycles. The Labute approximate surface area is 152 Å². The number of pyridine rings is 1. The van der Waals surface area contributed by atoms with E-state index in [1.807, 2.05) is 24.7 Å². The number of fused-ring (bicyclic) bond motifs is 1. The van der Waals surface area contributed by atoms with E-state index in [4.69, 9.17) is 0 Å². The average Bonchev–Trinajstić information content (AvgIpc) is 3.16. The lowest BCUT2D eigenvalue weighted by atomic mass is 9.97. The Bertz CT molecular complexity index is 829. The summed E-state index contributed by atoms with van der Waals surface area (Å²) in [5, 5.41) is 3.22. The fraction of sp³-hybridized carbons (Fsp3) is 0.368. The summed E-state index contributed by atoms with van der Waals surface area (Å²) in [6, 6.07) is 4.13. The molecule has 1 unspecified atom stereocenters. The number of imidazole rings is 1. The molecule has 7 heteroatoms. The first-order valence-electron chi connectivity index (χ1n) is 9.06. The van der Waals surface area contributed by atoms with Gasteiger partial charge in [-0.2, -0.15) is 0 Å². The van der Waals surface area contributed by atoms with Gasteiger partial charge < -0.3 is 10.3 Å². The van der Waals surface area contributed by atoms with Crippen LogP contribution in [0.3, 0.4) is 0 Å². The molecule has 2 N–H and O–H groups in total. The maximum absolute atomic E-state index is 4.59. The number of anilines is 1. The molecule has 0 fully saturated rings. The van der Waals surface area contributed by atoms with Crippen LogP contribution in [-0.2, 0) is 13.0 Å². The third-order valence-electron chi connectivity index (χ3n) is 4.65. The quantitative estimate of drug-likeness (QED) is 0.712. The Kier molecular flexibility index (Phi) is 4.88. The first-order chi connectivity index (χ1) is 12.8. The summed E-state index contributed by atoms with van der Waals surface area (Å²) >= 11 is 0. The number of nitrogens with one attached hydrogen (secondary N) is 2. The molecule has 0 bridgehead atoms. The van der Waals surface area contributed by atoms with E-state index >= 15 is 0 Å². The SMILES string of the molecule is CCCNc1ncc(C2c3nc[nH]c3CCN2Cc2cccnc2)cn1. The van der Waals surface area contributed by atoms with E-state index in [9.17, 15) is 0 Å². The van der Waals surface area contributed by atoms with Crippen LogP contribution in [0.2, 0.25) is 0 Å². The Morgan fingerprint density at radius 2 is 2.12 bits per heavy atom. The second kappa shape index (κ2) is 7.61. The predicted molar refractivity (Wildman–Crippen MR) is 99.6 cm³/mol. The molecule has 0 amide bonds. The number of hydrogen-bond donors (Lipinski definition) is 2. The summed E-state index contributed by atoms with van der Waals surface area (Å²) < 4.78 is 0. The monoisotopic (exact) mass is 349 g/mol.